The van der Waals surface area contributed by atoms with Crippen LogP contribution in [0.4, 0.5) is 10.6 Å². The predicted octanol–water partition coefficient (Wildman–Crippen LogP) is 5.60. The van der Waals surface area contributed by atoms with Gasteiger partial charge in [0.1, 0.15) is 22.9 Å². The molecule has 0 unspecified atom stereocenters. The quantitative estimate of drug-likeness (QED) is 0.411. The Bertz CT molecular complexity index is 1320. The van der Waals surface area contributed by atoms with Crippen LogP contribution in [0, 0.1) is 0 Å². The predicted molar refractivity (Wildman–Crippen MR) is 145 cm³/mol. The van der Waals surface area contributed by atoms with Gasteiger partial charge in [0.25, 0.3) is 5.91 Å². The van der Waals surface area contributed by atoms with E-state index in [0.29, 0.717) is 41.7 Å². The molecule has 1 aliphatic rings. The second kappa shape index (κ2) is 11.2. The number of anilines is 1. The molecular formula is C29H35N5O4. The number of aryl methyl sites for hydroxylation is 1. The number of nitrogens with one attached hydrogen (secondary N) is 2. The zero-order valence-electron chi connectivity index (χ0n) is 22.6. The van der Waals surface area contributed by atoms with Gasteiger partial charge in [0.05, 0.1) is 5.69 Å². The third-order valence-corrected chi connectivity index (χ3v) is 6.43. The lowest BCUT2D eigenvalue weighted by molar-refractivity contribution is 0.0196. The van der Waals surface area contributed by atoms with Crippen molar-refractivity contribution in [1.82, 2.24) is 19.9 Å². The second-order valence-corrected chi connectivity index (χ2v) is 10.6. The number of hydrogen-bond acceptors (Lipinski definition) is 6. The summed E-state index contributed by atoms with van der Waals surface area (Å²) < 4.78 is 5.54. The molecule has 1 saturated heterocycles. The molecule has 200 valence electrons. The topological polar surface area (TPSA) is 117 Å². The fourth-order valence-electron chi connectivity index (χ4n) is 4.47. The lowest BCUT2D eigenvalue weighted by Gasteiger charge is -2.33. The first kappa shape index (κ1) is 27.0. The Morgan fingerprint density at radius 2 is 1.89 bits per heavy atom. The number of nitrogens with zero attached hydrogens (tertiary/aromatic N) is 3. The SMILES string of the molecule is CCc1ccnc(NC(=O)c2ccc(-c3nc([C@@H]4CCCN(C(=O)OC(C)(C)C)C4)[nH]c3C(C)=O)cc2)c1. The second-order valence-electron chi connectivity index (χ2n) is 10.6. The Balaban J connectivity index is 1.52. The summed E-state index contributed by atoms with van der Waals surface area (Å²) in [6, 6.07) is 10.7. The Morgan fingerprint density at radius 3 is 2.55 bits per heavy atom. The van der Waals surface area contributed by atoms with Crippen molar-refractivity contribution in [3.8, 4) is 11.3 Å². The van der Waals surface area contributed by atoms with E-state index in [4.69, 9.17) is 9.72 Å². The van der Waals surface area contributed by atoms with Gasteiger partial charge < -0.3 is 19.9 Å². The highest BCUT2D eigenvalue weighted by Gasteiger charge is 2.31. The number of rotatable bonds is 6. The van der Waals surface area contributed by atoms with E-state index >= 15 is 0 Å². The van der Waals surface area contributed by atoms with Gasteiger partial charge in [0.2, 0.25) is 0 Å². The molecule has 1 atom stereocenters. The molecule has 0 aliphatic carbocycles. The number of carbonyl (C=O) groups is 3. The Morgan fingerprint density at radius 1 is 1.16 bits per heavy atom. The van der Waals surface area contributed by atoms with Crippen LogP contribution in [0.25, 0.3) is 11.3 Å². The molecule has 1 fully saturated rings. The maximum atomic E-state index is 12.8. The summed E-state index contributed by atoms with van der Waals surface area (Å²) in [5.41, 5.74) is 2.66. The lowest BCUT2D eigenvalue weighted by atomic mass is 9.98. The van der Waals surface area contributed by atoms with E-state index in [0.717, 1.165) is 30.4 Å². The van der Waals surface area contributed by atoms with Crippen LogP contribution < -0.4 is 5.32 Å². The van der Waals surface area contributed by atoms with Gasteiger partial charge in [0, 0.05) is 43.3 Å². The molecule has 0 radical (unpaired) electrons. The van der Waals surface area contributed by atoms with Crippen molar-refractivity contribution < 1.29 is 19.1 Å². The van der Waals surface area contributed by atoms with Crippen LogP contribution in [0.1, 0.15) is 85.6 Å². The summed E-state index contributed by atoms with van der Waals surface area (Å²) in [5, 5.41) is 2.83. The maximum absolute atomic E-state index is 12.8. The van der Waals surface area contributed by atoms with Crippen molar-refractivity contribution in [2.45, 2.75) is 65.4 Å². The first-order valence-corrected chi connectivity index (χ1v) is 13.0. The van der Waals surface area contributed by atoms with Crippen LogP contribution in [-0.4, -0.2) is 56.3 Å². The number of benzene rings is 1. The standard InChI is InChI=1S/C29H35N5O4/c1-6-19-13-14-30-23(16-19)31-27(36)21-11-9-20(10-12-21)25-24(18(2)35)32-26(33-25)22-8-7-15-34(17-22)28(37)38-29(3,4)5/h9-14,16,22H,6-8,15,17H2,1-5H3,(H,32,33)(H,30,31,36)/t22-/m1/s1. The van der Waals surface area contributed by atoms with Crippen molar-refractivity contribution in [1.29, 1.82) is 0 Å². The molecule has 0 saturated carbocycles. The van der Waals surface area contributed by atoms with Crippen LogP contribution >= 0.6 is 0 Å². The summed E-state index contributed by atoms with van der Waals surface area (Å²) >= 11 is 0. The normalized spacial score (nSPS) is 15.7. The molecule has 38 heavy (non-hydrogen) atoms. The number of likely N-dealkylation sites (tertiary alicyclic amines) is 1. The van der Waals surface area contributed by atoms with Gasteiger partial charge in [-0.1, -0.05) is 19.1 Å². The van der Waals surface area contributed by atoms with Crippen LogP contribution in [0.2, 0.25) is 0 Å². The summed E-state index contributed by atoms with van der Waals surface area (Å²) in [4.78, 5) is 51.7. The Kier molecular flexibility index (Phi) is 7.94. The van der Waals surface area contributed by atoms with Crippen LogP contribution in [0.3, 0.4) is 0 Å². The van der Waals surface area contributed by atoms with E-state index in [9.17, 15) is 14.4 Å². The Labute approximate surface area is 223 Å². The van der Waals surface area contributed by atoms with Crippen LogP contribution in [-0.2, 0) is 11.2 Å². The number of pyridine rings is 1. The molecule has 1 aromatic carbocycles. The van der Waals surface area contributed by atoms with Crippen molar-refractivity contribution in [3.05, 3.63) is 65.2 Å². The zero-order valence-corrected chi connectivity index (χ0v) is 22.6. The third-order valence-electron chi connectivity index (χ3n) is 6.43. The van der Waals surface area contributed by atoms with E-state index in [1.165, 1.54) is 6.92 Å². The molecule has 4 rings (SSSR count). The number of imidazole rings is 1. The van der Waals surface area contributed by atoms with Crippen molar-refractivity contribution in [2.24, 2.45) is 0 Å². The minimum absolute atomic E-state index is 0.0421. The van der Waals surface area contributed by atoms with E-state index in [1.807, 2.05) is 39.8 Å². The molecule has 2 amide bonds. The van der Waals surface area contributed by atoms with E-state index in [1.54, 1.807) is 35.4 Å². The highest BCUT2D eigenvalue weighted by Crippen LogP contribution is 2.30. The fraction of sp³-hybridized carbons (Fsp3) is 0.414. The number of Topliss-reactive ketones (excluding diaryl/α,β-unsaturated/α-hetero) is 1. The molecule has 3 heterocycles. The molecule has 9 heteroatoms. The molecule has 0 spiro atoms. The highest BCUT2D eigenvalue weighted by atomic mass is 16.6. The Hall–Kier alpha value is -4.01. The van der Waals surface area contributed by atoms with Gasteiger partial charge in [-0.2, -0.15) is 0 Å². The van der Waals surface area contributed by atoms with E-state index in [-0.39, 0.29) is 23.7 Å². The fourth-order valence-corrected chi connectivity index (χ4v) is 4.47. The van der Waals surface area contributed by atoms with Gasteiger partial charge in [-0.15, -0.1) is 0 Å². The first-order chi connectivity index (χ1) is 18.0. The number of hydrogen-bond donors (Lipinski definition) is 2. The first-order valence-electron chi connectivity index (χ1n) is 13.0. The van der Waals surface area contributed by atoms with E-state index in [2.05, 4.69) is 15.3 Å². The van der Waals surface area contributed by atoms with Gasteiger partial charge in [-0.3, -0.25) is 9.59 Å². The molecule has 9 nitrogen and oxygen atoms in total. The summed E-state index contributed by atoms with van der Waals surface area (Å²) in [6.45, 7) is 10.2. The number of aromatic nitrogens is 3. The van der Waals surface area contributed by atoms with Crippen molar-refractivity contribution >= 4 is 23.6 Å². The highest BCUT2D eigenvalue weighted by molar-refractivity contribution is 6.04. The lowest BCUT2D eigenvalue weighted by Crippen LogP contribution is -2.42. The minimum atomic E-state index is -0.567. The van der Waals surface area contributed by atoms with Gasteiger partial charge in [-0.25, -0.2) is 14.8 Å². The summed E-state index contributed by atoms with van der Waals surface area (Å²) in [5.74, 6) is 0.724. The van der Waals surface area contributed by atoms with Crippen LogP contribution in [0.5, 0.6) is 0 Å². The monoisotopic (exact) mass is 517 g/mol. The molecule has 2 aromatic heterocycles. The van der Waals surface area contributed by atoms with Gasteiger partial charge in [-0.05, 0) is 69.9 Å². The molecule has 3 aromatic rings. The molecule has 0 bridgehead atoms. The summed E-state index contributed by atoms with van der Waals surface area (Å²) in [6.07, 6.45) is 3.84. The third kappa shape index (κ3) is 6.45. The van der Waals surface area contributed by atoms with Crippen molar-refractivity contribution in [2.75, 3.05) is 18.4 Å². The number of ketones is 1. The van der Waals surface area contributed by atoms with Gasteiger partial charge in [0.15, 0.2) is 5.78 Å². The number of amides is 2. The van der Waals surface area contributed by atoms with E-state index < -0.39 is 5.60 Å². The van der Waals surface area contributed by atoms with Crippen molar-refractivity contribution in [3.63, 3.8) is 0 Å². The average Bonchev–Trinajstić information content (AvgIpc) is 3.34. The number of H-pyrrole nitrogens is 1. The van der Waals surface area contributed by atoms with Crippen LogP contribution in [0.15, 0.2) is 42.6 Å². The smallest absolute Gasteiger partial charge is 0.410 e. The summed E-state index contributed by atoms with van der Waals surface area (Å²) in [7, 11) is 0. The van der Waals surface area contributed by atoms with Gasteiger partial charge >= 0.3 is 6.09 Å². The number of aromatic amines is 1. The molecule has 1 aliphatic heterocycles. The molecule has 2 N–H and O–H groups in total. The molecular weight excluding hydrogens is 482 g/mol. The zero-order chi connectivity index (χ0) is 27.4. The number of carbonyl (C=O) groups excluding carboxylic acids is 3. The number of ether oxygens (including phenoxy) is 1. The number of piperidine rings is 1. The maximum Gasteiger partial charge on any atom is 0.410 e. The minimum Gasteiger partial charge on any atom is -0.444 e. The average molecular weight is 518 g/mol. The largest absolute Gasteiger partial charge is 0.444 e.